The van der Waals surface area contributed by atoms with Crippen LogP contribution in [0.2, 0.25) is 0 Å². The van der Waals surface area contributed by atoms with Gasteiger partial charge < -0.3 is 9.64 Å². The number of benzene rings is 1. The summed E-state index contributed by atoms with van der Waals surface area (Å²) in [6, 6.07) is 11.5. The number of carbonyl (C=O) groups is 2. The van der Waals surface area contributed by atoms with Crippen molar-refractivity contribution in [2.75, 3.05) is 39.8 Å². The highest BCUT2D eigenvalue weighted by Crippen LogP contribution is 2.13. The van der Waals surface area contributed by atoms with Gasteiger partial charge in [-0.05, 0) is 29.7 Å². The van der Waals surface area contributed by atoms with Crippen molar-refractivity contribution in [3.8, 4) is 0 Å². The molecule has 1 aliphatic heterocycles. The average Bonchev–Trinajstić information content (AvgIpc) is 2.82. The van der Waals surface area contributed by atoms with Gasteiger partial charge in [-0.15, -0.1) is 0 Å². The lowest BCUT2D eigenvalue weighted by Gasteiger charge is -2.34. The highest BCUT2D eigenvalue weighted by atomic mass is 32.2. The normalized spacial score (nSPS) is 15.5. The van der Waals surface area contributed by atoms with E-state index in [0.29, 0.717) is 24.2 Å². The Balaban J connectivity index is 1.54. The molecule has 1 amide bonds. The molecule has 1 fully saturated rings. The van der Waals surface area contributed by atoms with Gasteiger partial charge in [-0.2, -0.15) is 4.31 Å². The van der Waals surface area contributed by atoms with Crippen LogP contribution in [0, 0.1) is 0 Å². The Morgan fingerprint density at radius 2 is 1.88 bits per heavy atom. The van der Waals surface area contributed by atoms with Crippen LogP contribution in [0.1, 0.15) is 34.1 Å². The summed E-state index contributed by atoms with van der Waals surface area (Å²) in [5, 5.41) is 0. The van der Waals surface area contributed by atoms with Crippen LogP contribution in [0.15, 0.2) is 42.6 Å². The number of aromatic nitrogens is 1. The van der Waals surface area contributed by atoms with Gasteiger partial charge in [-0.1, -0.05) is 24.3 Å². The Morgan fingerprint density at radius 3 is 2.48 bits per heavy atom. The SMILES string of the molecule is COC(=O)c1ccc(CN(CCc2cccc(CN3CCN(C(C)=O)CC3)c2)S(=O)O)nc1. The third-order valence-corrected chi connectivity index (χ3v) is 6.42. The number of ether oxygens (including phenoxy) is 1. The molecule has 9 nitrogen and oxygen atoms in total. The molecule has 0 aliphatic carbocycles. The van der Waals surface area contributed by atoms with Crippen LogP contribution in [0.4, 0.5) is 0 Å². The molecule has 33 heavy (non-hydrogen) atoms. The molecule has 1 unspecified atom stereocenters. The van der Waals surface area contributed by atoms with E-state index < -0.39 is 17.2 Å². The number of piperazine rings is 1. The zero-order valence-electron chi connectivity index (χ0n) is 19.0. The summed E-state index contributed by atoms with van der Waals surface area (Å²) in [6.45, 7) is 6.18. The predicted molar refractivity (Wildman–Crippen MR) is 124 cm³/mol. The number of pyridine rings is 1. The number of nitrogens with zero attached hydrogens (tertiary/aromatic N) is 4. The van der Waals surface area contributed by atoms with E-state index >= 15 is 0 Å². The minimum absolute atomic E-state index is 0.122. The van der Waals surface area contributed by atoms with Crippen LogP contribution >= 0.6 is 0 Å². The number of carbonyl (C=O) groups excluding carboxylic acids is 2. The molecule has 0 radical (unpaired) electrons. The van der Waals surface area contributed by atoms with Gasteiger partial charge in [0.25, 0.3) is 0 Å². The summed E-state index contributed by atoms with van der Waals surface area (Å²) in [4.78, 5) is 31.4. The molecule has 1 atom stereocenters. The van der Waals surface area contributed by atoms with Crippen molar-refractivity contribution in [3.05, 3.63) is 65.0 Å². The quantitative estimate of drug-likeness (QED) is 0.436. The molecular weight excluding hydrogens is 444 g/mol. The van der Waals surface area contributed by atoms with Crippen LogP contribution in [-0.4, -0.2) is 79.6 Å². The van der Waals surface area contributed by atoms with Gasteiger partial charge >= 0.3 is 5.97 Å². The number of rotatable bonds is 9. The van der Waals surface area contributed by atoms with Gasteiger partial charge in [-0.3, -0.25) is 19.2 Å². The van der Waals surface area contributed by atoms with E-state index in [1.54, 1.807) is 19.1 Å². The topological polar surface area (TPSA) is 103 Å². The molecule has 1 aliphatic rings. The van der Waals surface area contributed by atoms with Gasteiger partial charge in [0.15, 0.2) is 0 Å². The van der Waals surface area contributed by atoms with Crippen molar-refractivity contribution in [2.45, 2.75) is 26.4 Å². The van der Waals surface area contributed by atoms with E-state index in [1.165, 1.54) is 23.2 Å². The molecule has 1 saturated heterocycles. The van der Waals surface area contributed by atoms with E-state index in [4.69, 9.17) is 0 Å². The lowest BCUT2D eigenvalue weighted by molar-refractivity contribution is -0.130. The monoisotopic (exact) mass is 474 g/mol. The molecule has 178 valence electrons. The highest BCUT2D eigenvalue weighted by Gasteiger charge is 2.19. The Labute approximate surface area is 196 Å². The van der Waals surface area contributed by atoms with E-state index in [0.717, 1.165) is 38.3 Å². The maximum atomic E-state index is 11.9. The molecule has 2 aromatic rings. The maximum absolute atomic E-state index is 11.9. The second-order valence-corrected chi connectivity index (χ2v) is 8.95. The zero-order chi connectivity index (χ0) is 23.8. The minimum Gasteiger partial charge on any atom is -0.465 e. The largest absolute Gasteiger partial charge is 0.465 e. The predicted octanol–water partition coefficient (Wildman–Crippen LogP) is 1.71. The number of hydrogen-bond acceptors (Lipinski definition) is 6. The number of amides is 1. The lowest BCUT2D eigenvalue weighted by atomic mass is 10.1. The first-order valence-corrected chi connectivity index (χ1v) is 11.9. The number of methoxy groups -OCH3 is 1. The zero-order valence-corrected chi connectivity index (χ0v) is 19.8. The second-order valence-electron chi connectivity index (χ2n) is 7.98. The first-order chi connectivity index (χ1) is 15.9. The number of esters is 1. The van der Waals surface area contributed by atoms with Crippen LogP contribution in [0.3, 0.4) is 0 Å². The standard InChI is InChI=1S/C23H30N4O5S/c1-18(28)26-12-10-25(11-13-26)16-20-5-3-4-19(14-20)8-9-27(33(30)31)17-22-7-6-21(15-24-22)23(29)32-2/h3-7,14-15H,8-13,16-17H2,1-2H3,(H,30,31). The molecule has 2 heterocycles. The van der Waals surface area contributed by atoms with Crippen LogP contribution in [-0.2, 0) is 40.3 Å². The maximum Gasteiger partial charge on any atom is 0.339 e. The van der Waals surface area contributed by atoms with Crippen molar-refractivity contribution in [1.29, 1.82) is 0 Å². The van der Waals surface area contributed by atoms with Crippen molar-refractivity contribution >= 4 is 23.1 Å². The summed E-state index contributed by atoms with van der Waals surface area (Å²) >= 11 is -2.15. The second kappa shape index (κ2) is 12.0. The average molecular weight is 475 g/mol. The lowest BCUT2D eigenvalue weighted by Crippen LogP contribution is -2.47. The van der Waals surface area contributed by atoms with Crippen molar-refractivity contribution < 1.29 is 23.1 Å². The Morgan fingerprint density at radius 1 is 1.15 bits per heavy atom. The smallest absolute Gasteiger partial charge is 0.339 e. The fourth-order valence-corrected chi connectivity index (χ4v) is 4.26. The highest BCUT2D eigenvalue weighted by molar-refractivity contribution is 7.76. The van der Waals surface area contributed by atoms with Gasteiger partial charge in [0.1, 0.15) is 0 Å². The Kier molecular flexibility index (Phi) is 9.07. The van der Waals surface area contributed by atoms with Gasteiger partial charge in [0.2, 0.25) is 17.2 Å². The summed E-state index contributed by atoms with van der Waals surface area (Å²) in [7, 11) is 1.30. The minimum atomic E-state index is -2.15. The molecule has 3 rings (SSSR count). The Hall–Kier alpha value is -2.66. The number of hydrogen-bond donors (Lipinski definition) is 1. The molecule has 1 aromatic heterocycles. The molecular formula is C23H30N4O5S. The van der Waals surface area contributed by atoms with Gasteiger partial charge in [-0.25, -0.2) is 9.00 Å². The molecule has 0 bridgehead atoms. The molecule has 0 saturated carbocycles. The van der Waals surface area contributed by atoms with Crippen molar-refractivity contribution in [2.24, 2.45) is 0 Å². The van der Waals surface area contributed by atoms with Crippen molar-refractivity contribution in [1.82, 2.24) is 19.1 Å². The summed E-state index contributed by atoms with van der Waals surface area (Å²) < 4.78 is 27.7. The summed E-state index contributed by atoms with van der Waals surface area (Å²) in [5.74, 6) is -0.352. The molecule has 0 spiro atoms. The van der Waals surface area contributed by atoms with Crippen molar-refractivity contribution in [3.63, 3.8) is 0 Å². The first-order valence-electron chi connectivity index (χ1n) is 10.8. The van der Waals surface area contributed by atoms with Gasteiger partial charge in [0, 0.05) is 52.4 Å². The molecule has 1 aromatic carbocycles. The van der Waals surface area contributed by atoms with Crippen LogP contribution in [0.5, 0.6) is 0 Å². The first kappa shape index (κ1) is 25.0. The van der Waals surface area contributed by atoms with E-state index in [-0.39, 0.29) is 12.5 Å². The molecule has 10 heteroatoms. The summed E-state index contributed by atoms with van der Waals surface area (Å²) in [5.41, 5.74) is 3.18. The van der Waals surface area contributed by atoms with E-state index in [2.05, 4.69) is 26.8 Å². The third kappa shape index (κ3) is 7.43. The Bertz CT molecular complexity index is 977. The third-order valence-electron chi connectivity index (χ3n) is 5.67. The fourth-order valence-electron chi connectivity index (χ4n) is 3.77. The summed E-state index contributed by atoms with van der Waals surface area (Å²) in [6.07, 6.45) is 2.01. The van der Waals surface area contributed by atoms with Crippen LogP contribution in [0.25, 0.3) is 0 Å². The fraction of sp³-hybridized carbons (Fsp3) is 0.435. The van der Waals surface area contributed by atoms with E-state index in [1.807, 2.05) is 17.0 Å². The van der Waals surface area contributed by atoms with E-state index in [9.17, 15) is 18.4 Å². The molecule has 1 N–H and O–H groups in total. The van der Waals surface area contributed by atoms with Crippen LogP contribution < -0.4 is 0 Å². The van der Waals surface area contributed by atoms with Gasteiger partial charge in [0.05, 0.1) is 24.9 Å².